The van der Waals surface area contributed by atoms with E-state index in [1.165, 1.54) is 11.8 Å². The zero-order chi connectivity index (χ0) is 14.7. The van der Waals surface area contributed by atoms with Crippen molar-refractivity contribution in [3.63, 3.8) is 0 Å². The Kier molecular flexibility index (Phi) is 4.17. The molecule has 0 aliphatic carbocycles. The van der Waals surface area contributed by atoms with Crippen LogP contribution in [-0.4, -0.2) is 22.1 Å². The summed E-state index contributed by atoms with van der Waals surface area (Å²) in [5, 5.41) is 4.54. The summed E-state index contributed by atoms with van der Waals surface area (Å²) in [5.74, 6) is -0.119. The van der Waals surface area contributed by atoms with Gasteiger partial charge in [0.15, 0.2) is 0 Å². The molecule has 0 saturated heterocycles. The Hall–Kier alpha value is -1.92. The third kappa shape index (κ3) is 3.06. The molecular weight excluding hydrogens is 302 g/mol. The van der Waals surface area contributed by atoms with Crippen molar-refractivity contribution in [3.8, 4) is 0 Å². The Morgan fingerprint density at radius 3 is 2.95 bits per heavy atom. The number of rotatable bonds is 4. The van der Waals surface area contributed by atoms with Gasteiger partial charge in [-0.05, 0) is 30.5 Å². The standard InChI is InChI=1S/C15H13N3OS2/c1-20-15-10(5-4-8-16-15)14(19)17-9-13-18-11-6-2-3-7-12(11)21-13/h2-8H,9H2,1H3,(H,17,19). The first kappa shape index (κ1) is 14.0. The molecule has 3 aromatic rings. The van der Waals surface area contributed by atoms with E-state index in [2.05, 4.69) is 15.3 Å². The summed E-state index contributed by atoms with van der Waals surface area (Å²) >= 11 is 3.06. The molecule has 4 nitrogen and oxygen atoms in total. The average Bonchev–Trinajstić information content (AvgIpc) is 2.95. The lowest BCUT2D eigenvalue weighted by atomic mass is 10.2. The van der Waals surface area contributed by atoms with Crippen LogP contribution in [0.15, 0.2) is 47.6 Å². The van der Waals surface area contributed by atoms with Crippen LogP contribution in [0.3, 0.4) is 0 Å². The molecule has 3 rings (SSSR count). The van der Waals surface area contributed by atoms with Crippen molar-refractivity contribution in [2.45, 2.75) is 11.6 Å². The van der Waals surface area contributed by atoms with Crippen LogP contribution < -0.4 is 5.32 Å². The molecule has 1 amide bonds. The van der Waals surface area contributed by atoms with Gasteiger partial charge in [0.1, 0.15) is 10.0 Å². The number of pyridine rings is 1. The normalized spacial score (nSPS) is 10.7. The van der Waals surface area contributed by atoms with Crippen molar-refractivity contribution in [1.29, 1.82) is 0 Å². The molecule has 0 spiro atoms. The Bertz CT molecular complexity index is 752. The Balaban J connectivity index is 1.73. The van der Waals surface area contributed by atoms with Gasteiger partial charge in [-0.1, -0.05) is 12.1 Å². The second-order valence-electron chi connectivity index (χ2n) is 4.32. The summed E-state index contributed by atoms with van der Waals surface area (Å²) in [6.07, 6.45) is 3.60. The smallest absolute Gasteiger partial charge is 0.254 e. The molecule has 0 aliphatic rings. The summed E-state index contributed by atoms with van der Waals surface area (Å²) in [4.78, 5) is 20.9. The largest absolute Gasteiger partial charge is 0.345 e. The van der Waals surface area contributed by atoms with Crippen LogP contribution >= 0.6 is 23.1 Å². The Morgan fingerprint density at radius 2 is 2.14 bits per heavy atom. The lowest BCUT2D eigenvalue weighted by Gasteiger charge is -2.06. The topological polar surface area (TPSA) is 54.9 Å². The number of fused-ring (bicyclic) bond motifs is 1. The molecule has 0 bridgehead atoms. The van der Waals surface area contributed by atoms with Crippen LogP contribution in [0.25, 0.3) is 10.2 Å². The van der Waals surface area contributed by atoms with E-state index in [-0.39, 0.29) is 5.91 Å². The van der Waals surface area contributed by atoms with Gasteiger partial charge in [0.25, 0.3) is 5.91 Å². The summed E-state index contributed by atoms with van der Waals surface area (Å²) in [6.45, 7) is 0.431. The molecule has 2 aromatic heterocycles. The predicted molar refractivity (Wildman–Crippen MR) is 86.8 cm³/mol. The number of aromatic nitrogens is 2. The number of carbonyl (C=O) groups is 1. The SMILES string of the molecule is CSc1ncccc1C(=O)NCc1nc2ccccc2s1. The summed E-state index contributed by atoms with van der Waals surface area (Å²) in [5.41, 5.74) is 1.57. The number of thiazole rings is 1. The highest BCUT2D eigenvalue weighted by Gasteiger charge is 2.12. The molecule has 0 fully saturated rings. The van der Waals surface area contributed by atoms with Gasteiger partial charge in [0, 0.05) is 6.20 Å². The maximum Gasteiger partial charge on any atom is 0.254 e. The van der Waals surface area contributed by atoms with E-state index in [4.69, 9.17) is 0 Å². The molecule has 2 heterocycles. The highest BCUT2D eigenvalue weighted by Crippen LogP contribution is 2.21. The number of benzene rings is 1. The molecule has 1 N–H and O–H groups in total. The number of nitrogens with one attached hydrogen (secondary N) is 1. The zero-order valence-electron chi connectivity index (χ0n) is 11.4. The van der Waals surface area contributed by atoms with E-state index >= 15 is 0 Å². The minimum absolute atomic E-state index is 0.119. The highest BCUT2D eigenvalue weighted by atomic mass is 32.2. The van der Waals surface area contributed by atoms with Crippen LogP contribution in [-0.2, 0) is 6.54 Å². The lowest BCUT2D eigenvalue weighted by molar-refractivity contribution is 0.0947. The van der Waals surface area contributed by atoms with Crippen molar-refractivity contribution in [1.82, 2.24) is 15.3 Å². The second kappa shape index (κ2) is 6.24. The molecule has 0 unspecified atom stereocenters. The zero-order valence-corrected chi connectivity index (χ0v) is 13.0. The van der Waals surface area contributed by atoms with Gasteiger partial charge >= 0.3 is 0 Å². The van der Waals surface area contributed by atoms with E-state index in [9.17, 15) is 4.79 Å². The number of hydrogen-bond donors (Lipinski definition) is 1. The fourth-order valence-electron chi connectivity index (χ4n) is 1.97. The van der Waals surface area contributed by atoms with Gasteiger partial charge < -0.3 is 5.32 Å². The minimum Gasteiger partial charge on any atom is -0.345 e. The van der Waals surface area contributed by atoms with Crippen LogP contribution in [0.4, 0.5) is 0 Å². The average molecular weight is 315 g/mol. The van der Waals surface area contributed by atoms with Gasteiger partial charge in [-0.2, -0.15) is 0 Å². The molecule has 0 atom stereocenters. The number of amides is 1. The Morgan fingerprint density at radius 1 is 1.29 bits per heavy atom. The molecule has 0 saturated carbocycles. The monoisotopic (exact) mass is 315 g/mol. The van der Waals surface area contributed by atoms with Gasteiger partial charge in [0.2, 0.25) is 0 Å². The van der Waals surface area contributed by atoms with Crippen LogP contribution in [0.1, 0.15) is 15.4 Å². The molecular formula is C15H13N3OS2. The summed E-state index contributed by atoms with van der Waals surface area (Å²) in [6, 6.07) is 11.5. The van der Waals surface area contributed by atoms with Crippen LogP contribution in [0, 0.1) is 0 Å². The molecule has 21 heavy (non-hydrogen) atoms. The molecule has 1 aromatic carbocycles. The number of para-hydroxylation sites is 1. The first-order valence-corrected chi connectivity index (χ1v) is 8.43. The first-order chi connectivity index (χ1) is 10.3. The Labute approximate surface area is 130 Å². The third-order valence-electron chi connectivity index (χ3n) is 2.95. The quantitative estimate of drug-likeness (QED) is 0.750. The van der Waals surface area contributed by atoms with Crippen LogP contribution in [0.2, 0.25) is 0 Å². The van der Waals surface area contributed by atoms with E-state index < -0.39 is 0 Å². The number of hydrogen-bond acceptors (Lipinski definition) is 5. The van der Waals surface area contributed by atoms with Gasteiger partial charge in [-0.3, -0.25) is 4.79 Å². The molecule has 6 heteroatoms. The first-order valence-electron chi connectivity index (χ1n) is 6.39. The summed E-state index contributed by atoms with van der Waals surface area (Å²) < 4.78 is 1.13. The van der Waals surface area contributed by atoms with E-state index in [1.807, 2.05) is 30.5 Å². The maximum absolute atomic E-state index is 12.2. The van der Waals surface area contributed by atoms with E-state index in [0.29, 0.717) is 12.1 Å². The predicted octanol–water partition coefficient (Wildman–Crippen LogP) is 3.34. The fraction of sp³-hybridized carbons (Fsp3) is 0.133. The maximum atomic E-state index is 12.2. The van der Waals surface area contributed by atoms with Crippen molar-refractivity contribution in [3.05, 3.63) is 53.2 Å². The van der Waals surface area contributed by atoms with Crippen molar-refractivity contribution < 1.29 is 4.79 Å². The van der Waals surface area contributed by atoms with Crippen molar-refractivity contribution in [2.75, 3.05) is 6.26 Å². The minimum atomic E-state index is -0.119. The van der Waals surface area contributed by atoms with Crippen LogP contribution in [0.5, 0.6) is 0 Å². The van der Waals surface area contributed by atoms with Gasteiger partial charge in [0.05, 0.1) is 22.3 Å². The van der Waals surface area contributed by atoms with Gasteiger partial charge in [-0.25, -0.2) is 9.97 Å². The lowest BCUT2D eigenvalue weighted by Crippen LogP contribution is -2.23. The molecule has 0 aliphatic heterocycles. The van der Waals surface area contributed by atoms with E-state index in [0.717, 1.165) is 20.3 Å². The number of nitrogens with zero attached hydrogens (tertiary/aromatic N) is 2. The van der Waals surface area contributed by atoms with E-state index in [1.54, 1.807) is 29.7 Å². The number of thioether (sulfide) groups is 1. The third-order valence-corrected chi connectivity index (χ3v) is 4.70. The number of carbonyl (C=O) groups excluding carboxylic acids is 1. The molecule has 0 radical (unpaired) electrons. The van der Waals surface area contributed by atoms with Crippen molar-refractivity contribution in [2.24, 2.45) is 0 Å². The van der Waals surface area contributed by atoms with Crippen molar-refractivity contribution >= 4 is 39.2 Å². The molecule has 106 valence electrons. The fourth-order valence-corrected chi connectivity index (χ4v) is 3.43. The summed E-state index contributed by atoms with van der Waals surface area (Å²) in [7, 11) is 0. The highest BCUT2D eigenvalue weighted by molar-refractivity contribution is 7.98. The second-order valence-corrected chi connectivity index (χ2v) is 6.23. The van der Waals surface area contributed by atoms with Gasteiger partial charge in [-0.15, -0.1) is 23.1 Å².